The number of aryl methyl sites for hydroxylation is 4. The molecule has 0 N–H and O–H groups in total. The summed E-state index contributed by atoms with van der Waals surface area (Å²) in [6.45, 7) is 8.93. The number of hydrogen-bond donors (Lipinski definition) is 0. The van der Waals surface area contributed by atoms with Crippen LogP contribution in [0.3, 0.4) is 0 Å². The average molecular weight is 1110 g/mol. The van der Waals surface area contributed by atoms with Crippen LogP contribution in [0.2, 0.25) is 0 Å². The Kier molecular flexibility index (Phi) is 35.5. The van der Waals surface area contributed by atoms with Gasteiger partial charge in [0.2, 0.25) is 0 Å². The summed E-state index contributed by atoms with van der Waals surface area (Å²) in [6, 6.07) is 19.5. The van der Waals surface area contributed by atoms with Crippen LogP contribution in [0, 0.1) is 0 Å². The number of fused-ring (bicyclic) bond motifs is 2. The molecule has 0 aliphatic heterocycles. The summed E-state index contributed by atoms with van der Waals surface area (Å²) in [6.07, 6.45) is 42.0. The molecule has 4 rings (SSSR count). The van der Waals surface area contributed by atoms with Crippen molar-refractivity contribution in [3.63, 3.8) is 0 Å². The summed E-state index contributed by atoms with van der Waals surface area (Å²) in [5.41, 5.74) is 3.49. The second-order valence-corrected chi connectivity index (χ2v) is 22.6. The zero-order valence-electron chi connectivity index (χ0n) is 44.2. The molecular formula is C60H94BaO6S2. The van der Waals surface area contributed by atoms with Gasteiger partial charge in [-0.2, -0.15) is 0 Å². The van der Waals surface area contributed by atoms with Gasteiger partial charge in [0, 0.05) is 0 Å². The van der Waals surface area contributed by atoms with E-state index in [4.69, 9.17) is 0 Å². The van der Waals surface area contributed by atoms with Crippen LogP contribution < -0.4 is 0 Å². The Balaban J connectivity index is 0.000000467. The quantitative estimate of drug-likeness (QED) is 0.0251. The molecule has 0 fully saturated rings. The number of benzene rings is 4. The van der Waals surface area contributed by atoms with Crippen molar-refractivity contribution in [1.29, 1.82) is 0 Å². The molecule has 0 saturated carbocycles. The monoisotopic (exact) mass is 1110 g/mol. The van der Waals surface area contributed by atoms with Gasteiger partial charge in [-0.3, -0.25) is 0 Å². The van der Waals surface area contributed by atoms with Crippen LogP contribution >= 0.6 is 0 Å². The first-order valence-electron chi connectivity index (χ1n) is 28.0. The molecule has 0 amide bonds. The fourth-order valence-electron chi connectivity index (χ4n) is 10.1. The minimum atomic E-state index is -4.50. The third kappa shape index (κ3) is 25.5. The van der Waals surface area contributed by atoms with Crippen LogP contribution in [-0.4, -0.2) is 74.8 Å². The smallest absolute Gasteiger partial charge is 0.744 e. The van der Waals surface area contributed by atoms with E-state index in [1.54, 1.807) is 12.1 Å². The molecule has 0 aromatic heterocycles. The third-order valence-corrected chi connectivity index (χ3v) is 15.9. The van der Waals surface area contributed by atoms with Crippen molar-refractivity contribution in [2.75, 3.05) is 0 Å². The SMILES string of the molecule is CCCCCCCCCCc1cc(S(=O)(=O)[O-])c(CCCCCCCCCC)c2ccccc12.CCCCCCCCCCc1cc(S(=O)(=O)[O-])c(CCCCCCCCCC)c2ccccc12.[Ba+2]. The summed E-state index contributed by atoms with van der Waals surface area (Å²) in [7, 11) is -9.01. The largest absolute Gasteiger partial charge is 2.00 e. The van der Waals surface area contributed by atoms with Crippen molar-refractivity contribution in [3.8, 4) is 0 Å². The molecule has 0 radical (unpaired) electrons. The molecule has 0 spiro atoms. The first-order chi connectivity index (χ1) is 33.0. The van der Waals surface area contributed by atoms with Gasteiger partial charge in [-0.25, -0.2) is 16.8 Å². The van der Waals surface area contributed by atoms with Gasteiger partial charge < -0.3 is 9.11 Å². The summed E-state index contributed by atoms with van der Waals surface area (Å²) >= 11 is 0. The minimum absolute atomic E-state index is 0. The van der Waals surface area contributed by atoms with Gasteiger partial charge in [0.05, 0.1) is 9.79 Å². The normalized spacial score (nSPS) is 11.8. The topological polar surface area (TPSA) is 114 Å². The summed E-state index contributed by atoms with van der Waals surface area (Å²) in [5, 5.41) is 4.15. The van der Waals surface area contributed by atoms with Crippen molar-refractivity contribution in [2.24, 2.45) is 0 Å². The Morgan fingerprint density at radius 3 is 0.783 bits per heavy atom. The van der Waals surface area contributed by atoms with Crippen molar-refractivity contribution in [1.82, 2.24) is 0 Å². The van der Waals surface area contributed by atoms with Gasteiger partial charge in [0.1, 0.15) is 20.2 Å². The molecule has 0 aliphatic carbocycles. The molecule has 69 heavy (non-hydrogen) atoms. The fraction of sp³-hybridized carbons (Fsp3) is 0.667. The minimum Gasteiger partial charge on any atom is -0.744 e. The van der Waals surface area contributed by atoms with E-state index in [2.05, 4.69) is 39.8 Å². The molecule has 0 atom stereocenters. The van der Waals surface area contributed by atoms with Gasteiger partial charge >= 0.3 is 48.9 Å². The summed E-state index contributed by atoms with van der Waals surface area (Å²) < 4.78 is 73.4. The third-order valence-electron chi connectivity index (χ3n) is 14.1. The molecule has 0 heterocycles. The summed E-state index contributed by atoms with van der Waals surface area (Å²) in [4.78, 5) is 0.0347. The Morgan fingerprint density at radius 1 is 0.319 bits per heavy atom. The molecule has 0 unspecified atom stereocenters. The second kappa shape index (κ2) is 38.4. The molecule has 0 saturated heterocycles. The zero-order chi connectivity index (χ0) is 49.3. The maximum Gasteiger partial charge on any atom is 2.00 e. The van der Waals surface area contributed by atoms with Crippen molar-refractivity contribution in [3.05, 3.63) is 82.9 Å². The standard InChI is InChI=1S/2C30H48O3S.Ba/c2*1-3-5-7-9-11-13-15-17-21-26-25-30(34(31,32)33)29(28-23-20-19-22-27(26)28)24-18-16-14-12-10-8-6-4-2;/h2*19-20,22-23,25H,3-18,21,24H2,1-2H3,(H,31,32,33);/q;;+2/p-2. The van der Waals surface area contributed by atoms with Crippen LogP contribution in [-0.2, 0) is 45.9 Å². The van der Waals surface area contributed by atoms with Crippen LogP contribution in [0.5, 0.6) is 0 Å². The van der Waals surface area contributed by atoms with Crippen LogP contribution in [0.1, 0.15) is 255 Å². The van der Waals surface area contributed by atoms with E-state index in [1.165, 1.54) is 154 Å². The molecule has 4 aromatic carbocycles. The van der Waals surface area contributed by atoms with E-state index in [0.717, 1.165) is 108 Å². The summed E-state index contributed by atoms with van der Waals surface area (Å²) in [5.74, 6) is 0. The number of hydrogen-bond acceptors (Lipinski definition) is 6. The molecule has 4 aromatic rings. The Morgan fingerprint density at radius 2 is 0.536 bits per heavy atom. The van der Waals surface area contributed by atoms with Crippen molar-refractivity contribution >= 4 is 90.7 Å². The average Bonchev–Trinajstić information content (AvgIpc) is 3.32. The van der Waals surface area contributed by atoms with E-state index in [-0.39, 0.29) is 58.7 Å². The van der Waals surface area contributed by atoms with Gasteiger partial charge in [-0.15, -0.1) is 0 Å². The van der Waals surface area contributed by atoms with Crippen molar-refractivity contribution < 1.29 is 25.9 Å². The van der Waals surface area contributed by atoms with Crippen LogP contribution in [0.15, 0.2) is 70.5 Å². The molecule has 9 heteroatoms. The van der Waals surface area contributed by atoms with Gasteiger partial charge in [-0.1, -0.05) is 256 Å². The van der Waals surface area contributed by atoms with Crippen LogP contribution in [0.4, 0.5) is 0 Å². The Hall–Kier alpha value is -1.21. The predicted molar refractivity (Wildman–Crippen MR) is 295 cm³/mol. The molecular weight excluding hydrogens is 1020 g/mol. The Labute approximate surface area is 463 Å². The Bertz CT molecular complexity index is 2030. The zero-order valence-corrected chi connectivity index (χ0v) is 50.3. The number of unbranched alkanes of at least 4 members (excludes halogenated alkanes) is 28. The maximum absolute atomic E-state index is 12.2. The molecule has 0 bridgehead atoms. The van der Waals surface area contributed by atoms with E-state index < -0.39 is 20.2 Å². The van der Waals surface area contributed by atoms with E-state index in [9.17, 15) is 25.9 Å². The van der Waals surface area contributed by atoms with Crippen molar-refractivity contribution in [2.45, 2.75) is 269 Å². The van der Waals surface area contributed by atoms with E-state index in [1.807, 2.05) is 36.4 Å². The van der Waals surface area contributed by atoms with Gasteiger partial charge in [0.25, 0.3) is 0 Å². The molecule has 0 aliphatic rings. The van der Waals surface area contributed by atoms with Gasteiger partial charge in [-0.05, 0) is 107 Å². The second-order valence-electron chi connectivity index (χ2n) is 19.9. The molecule has 6 nitrogen and oxygen atoms in total. The number of rotatable bonds is 38. The van der Waals surface area contributed by atoms with Crippen LogP contribution in [0.25, 0.3) is 21.5 Å². The fourth-order valence-corrected chi connectivity index (χ4v) is 11.7. The maximum atomic E-state index is 12.2. The van der Waals surface area contributed by atoms with E-state index >= 15 is 0 Å². The van der Waals surface area contributed by atoms with E-state index in [0.29, 0.717) is 12.8 Å². The molecule has 384 valence electrons. The van der Waals surface area contributed by atoms with Gasteiger partial charge in [0.15, 0.2) is 0 Å². The first kappa shape index (κ1) is 63.9. The predicted octanol–water partition coefficient (Wildman–Crippen LogP) is 17.8. The first-order valence-corrected chi connectivity index (χ1v) is 30.8.